The Labute approximate surface area is 152 Å². The Morgan fingerprint density at radius 1 is 1.27 bits per heavy atom. The summed E-state index contributed by atoms with van der Waals surface area (Å²) in [4.78, 5) is 13.5. The van der Waals surface area contributed by atoms with E-state index >= 15 is 0 Å². The lowest BCUT2D eigenvalue weighted by Crippen LogP contribution is -2.29. The van der Waals surface area contributed by atoms with Gasteiger partial charge in [0.15, 0.2) is 17.2 Å². The average Bonchev–Trinajstić information content (AvgIpc) is 3.17. The number of aromatic carboxylic acids is 1. The third-order valence-electron chi connectivity index (χ3n) is 4.90. The van der Waals surface area contributed by atoms with E-state index in [-0.39, 0.29) is 5.69 Å². The number of aromatic nitrogens is 2. The summed E-state index contributed by atoms with van der Waals surface area (Å²) in [6.07, 6.45) is 1.94. The van der Waals surface area contributed by atoms with Gasteiger partial charge in [0.1, 0.15) is 0 Å². The fourth-order valence-corrected chi connectivity index (χ4v) is 3.76. The molecule has 0 saturated carbocycles. The Hall–Kier alpha value is -2.54. The molecule has 2 aliphatic heterocycles. The van der Waals surface area contributed by atoms with Crippen molar-refractivity contribution in [3.8, 4) is 11.5 Å². The third-order valence-corrected chi connectivity index (χ3v) is 4.90. The van der Waals surface area contributed by atoms with Crippen molar-refractivity contribution in [1.82, 2.24) is 14.7 Å². The second-order valence-corrected chi connectivity index (χ2v) is 7.13. The first-order chi connectivity index (χ1) is 12.6. The van der Waals surface area contributed by atoms with Gasteiger partial charge in [0.25, 0.3) is 0 Å². The highest BCUT2D eigenvalue weighted by Gasteiger charge is 2.21. The molecule has 0 bridgehead atoms. The average molecular weight is 357 g/mol. The number of ether oxygens (including phenoxy) is 2. The largest absolute Gasteiger partial charge is 0.476 e. The molecule has 0 aliphatic carbocycles. The van der Waals surface area contributed by atoms with Gasteiger partial charge in [-0.25, -0.2) is 4.79 Å². The molecular formula is C19H23N3O4. The van der Waals surface area contributed by atoms with E-state index in [4.69, 9.17) is 14.6 Å². The second-order valence-electron chi connectivity index (χ2n) is 7.13. The molecule has 0 fully saturated rings. The lowest BCUT2D eigenvalue weighted by atomic mass is 10.00. The van der Waals surface area contributed by atoms with E-state index in [9.17, 15) is 4.79 Å². The summed E-state index contributed by atoms with van der Waals surface area (Å²) in [5, 5.41) is 13.3. The number of rotatable bonds is 5. The molecule has 7 heteroatoms. The Kier molecular flexibility index (Phi) is 4.55. The predicted octanol–water partition coefficient (Wildman–Crippen LogP) is 2.39. The van der Waals surface area contributed by atoms with E-state index in [1.807, 2.05) is 10.7 Å². The second kappa shape index (κ2) is 6.99. The topological polar surface area (TPSA) is 76.8 Å². The molecule has 1 aromatic heterocycles. The molecule has 1 N–H and O–H groups in total. The zero-order chi connectivity index (χ0) is 18.1. The summed E-state index contributed by atoms with van der Waals surface area (Å²) in [6.45, 7) is 6.02. The van der Waals surface area contributed by atoms with Gasteiger partial charge < -0.3 is 14.6 Å². The molecule has 0 saturated heterocycles. The predicted molar refractivity (Wildman–Crippen MR) is 94.5 cm³/mol. The minimum Gasteiger partial charge on any atom is -0.476 e. The highest BCUT2D eigenvalue weighted by Crippen LogP contribution is 2.33. The van der Waals surface area contributed by atoms with Crippen LogP contribution in [0.5, 0.6) is 11.5 Å². The number of carbonyl (C=O) groups is 1. The van der Waals surface area contributed by atoms with Crippen LogP contribution in [0.2, 0.25) is 0 Å². The van der Waals surface area contributed by atoms with E-state index in [0.29, 0.717) is 12.7 Å². The Bertz CT molecular complexity index is 817. The zero-order valence-electron chi connectivity index (χ0n) is 14.9. The summed E-state index contributed by atoms with van der Waals surface area (Å²) >= 11 is 0. The molecule has 0 radical (unpaired) electrons. The van der Waals surface area contributed by atoms with Gasteiger partial charge in [0.2, 0.25) is 6.79 Å². The summed E-state index contributed by atoms with van der Waals surface area (Å²) in [5.41, 5.74) is 2.36. The van der Waals surface area contributed by atoms with Gasteiger partial charge in [-0.1, -0.05) is 13.0 Å². The minimum atomic E-state index is -0.965. The molecule has 1 atom stereocenters. The maximum absolute atomic E-state index is 11.1. The van der Waals surface area contributed by atoms with Crippen LogP contribution in [0.4, 0.5) is 0 Å². The Morgan fingerprint density at radius 3 is 2.96 bits per heavy atom. The van der Waals surface area contributed by atoms with Crippen LogP contribution >= 0.6 is 0 Å². The van der Waals surface area contributed by atoms with Crippen molar-refractivity contribution >= 4 is 5.97 Å². The smallest absolute Gasteiger partial charge is 0.356 e. The lowest BCUT2D eigenvalue weighted by molar-refractivity contribution is 0.0689. The monoisotopic (exact) mass is 357 g/mol. The molecule has 0 unspecified atom stereocenters. The van der Waals surface area contributed by atoms with Crippen LogP contribution in [0, 0.1) is 5.92 Å². The van der Waals surface area contributed by atoms with E-state index in [0.717, 1.165) is 56.2 Å². The fraction of sp³-hybridized carbons (Fsp3) is 0.474. The van der Waals surface area contributed by atoms with Crippen molar-refractivity contribution in [2.75, 3.05) is 19.9 Å². The van der Waals surface area contributed by atoms with E-state index < -0.39 is 5.97 Å². The van der Waals surface area contributed by atoms with Gasteiger partial charge in [-0.05, 0) is 42.5 Å². The van der Waals surface area contributed by atoms with Crippen molar-refractivity contribution in [3.63, 3.8) is 0 Å². The number of hydrogen-bond acceptors (Lipinski definition) is 5. The van der Waals surface area contributed by atoms with Gasteiger partial charge in [-0.15, -0.1) is 0 Å². The third kappa shape index (κ3) is 3.53. The van der Waals surface area contributed by atoms with Crippen LogP contribution < -0.4 is 9.47 Å². The normalized spacial score (nSPS) is 17.6. The minimum absolute atomic E-state index is 0.134. The molecule has 0 spiro atoms. The van der Waals surface area contributed by atoms with E-state index in [1.54, 1.807) is 6.07 Å². The summed E-state index contributed by atoms with van der Waals surface area (Å²) in [5.74, 6) is 1.16. The lowest BCUT2D eigenvalue weighted by Gasteiger charge is -2.23. The Balaban J connectivity index is 1.39. The molecule has 138 valence electrons. The number of hydrogen-bond donors (Lipinski definition) is 1. The van der Waals surface area contributed by atoms with Crippen molar-refractivity contribution < 1.29 is 19.4 Å². The van der Waals surface area contributed by atoms with Crippen molar-refractivity contribution in [2.45, 2.75) is 32.9 Å². The number of carboxylic acids is 1. The van der Waals surface area contributed by atoms with E-state index in [1.165, 1.54) is 5.56 Å². The molecular weight excluding hydrogens is 334 g/mol. The SMILES string of the molecule is C[C@H](Cc1ccc2c(c1)OCO2)CN1CCCn2nc(C(=O)O)cc2C1. The molecule has 3 heterocycles. The first-order valence-electron chi connectivity index (χ1n) is 8.99. The number of benzene rings is 1. The summed E-state index contributed by atoms with van der Waals surface area (Å²) in [6, 6.07) is 7.83. The number of nitrogens with zero attached hydrogens (tertiary/aromatic N) is 3. The quantitative estimate of drug-likeness (QED) is 0.885. The molecule has 4 rings (SSSR count). The molecule has 0 amide bonds. The van der Waals surface area contributed by atoms with Crippen LogP contribution in [0.3, 0.4) is 0 Å². The first kappa shape index (κ1) is 16.9. The highest BCUT2D eigenvalue weighted by atomic mass is 16.7. The van der Waals surface area contributed by atoms with Gasteiger partial charge in [-0.2, -0.15) is 5.10 Å². The molecule has 26 heavy (non-hydrogen) atoms. The van der Waals surface area contributed by atoms with Crippen LogP contribution in [0.15, 0.2) is 24.3 Å². The molecule has 2 aromatic rings. The van der Waals surface area contributed by atoms with Crippen molar-refractivity contribution in [2.24, 2.45) is 5.92 Å². The summed E-state index contributed by atoms with van der Waals surface area (Å²) < 4.78 is 12.7. The van der Waals surface area contributed by atoms with Crippen LogP contribution in [-0.4, -0.2) is 45.6 Å². The van der Waals surface area contributed by atoms with Gasteiger partial charge >= 0.3 is 5.97 Å². The van der Waals surface area contributed by atoms with Crippen molar-refractivity contribution in [1.29, 1.82) is 0 Å². The molecule has 7 nitrogen and oxygen atoms in total. The van der Waals surface area contributed by atoms with Crippen LogP contribution in [0.25, 0.3) is 0 Å². The maximum atomic E-state index is 11.1. The molecule has 2 aliphatic rings. The van der Waals surface area contributed by atoms with Gasteiger partial charge in [0.05, 0.1) is 5.69 Å². The summed E-state index contributed by atoms with van der Waals surface area (Å²) in [7, 11) is 0. The van der Waals surface area contributed by atoms with Crippen LogP contribution in [0.1, 0.15) is 35.1 Å². The maximum Gasteiger partial charge on any atom is 0.356 e. The highest BCUT2D eigenvalue weighted by molar-refractivity contribution is 5.85. The number of carboxylic acid groups (broad SMARTS) is 1. The fourth-order valence-electron chi connectivity index (χ4n) is 3.76. The Morgan fingerprint density at radius 2 is 2.12 bits per heavy atom. The standard InChI is InChI=1S/C19H23N3O4/c1-13(7-14-3-4-17-18(8-14)26-12-25-17)10-21-5-2-6-22-15(11-21)9-16(20-22)19(23)24/h3-4,8-9,13H,2,5-7,10-12H2,1H3,(H,23,24)/t13-/m1/s1. The zero-order valence-corrected chi connectivity index (χ0v) is 14.9. The molecule has 1 aromatic carbocycles. The number of fused-ring (bicyclic) bond motifs is 2. The first-order valence-corrected chi connectivity index (χ1v) is 8.99. The van der Waals surface area contributed by atoms with Crippen LogP contribution in [-0.2, 0) is 19.5 Å². The van der Waals surface area contributed by atoms with Crippen molar-refractivity contribution in [3.05, 3.63) is 41.2 Å². The van der Waals surface area contributed by atoms with Gasteiger partial charge in [-0.3, -0.25) is 9.58 Å². The number of aryl methyl sites for hydroxylation is 1. The van der Waals surface area contributed by atoms with E-state index in [2.05, 4.69) is 29.1 Å². The van der Waals surface area contributed by atoms with Gasteiger partial charge in [0, 0.05) is 26.2 Å².